The van der Waals surface area contributed by atoms with Crippen LogP contribution in [0.4, 0.5) is 11.5 Å². The Morgan fingerprint density at radius 1 is 1.11 bits per heavy atom. The molecule has 5 heteroatoms. The number of hydrogen-bond donors (Lipinski definition) is 1. The predicted octanol–water partition coefficient (Wildman–Crippen LogP) is 3.50. The number of hydrogen-bond acceptors (Lipinski definition) is 4. The number of nitrogens with one attached hydrogen (secondary N) is 1. The van der Waals surface area contributed by atoms with Crippen molar-refractivity contribution >= 4 is 23.1 Å². The monoisotopic (exact) mass is 264 g/mol. The fourth-order valence-electron chi connectivity index (χ4n) is 1.52. The summed E-state index contributed by atoms with van der Waals surface area (Å²) in [5.41, 5.74) is 0.799. The molecular formula is C13H13ClN2O2. The molecule has 2 aromatic rings. The summed E-state index contributed by atoms with van der Waals surface area (Å²) in [5.74, 6) is 2.07. The SMILES string of the molecule is COc1ccc(Nc2cccc(Cl)n2)c(OC)c1. The molecule has 0 bridgehead atoms. The standard InChI is InChI=1S/C13H13ClN2O2/c1-17-9-6-7-10(11(8-9)18-2)15-13-5-3-4-12(14)16-13/h3-8H,1-2H3,(H,15,16). The van der Waals surface area contributed by atoms with E-state index in [-0.39, 0.29) is 0 Å². The Morgan fingerprint density at radius 2 is 1.94 bits per heavy atom. The summed E-state index contributed by atoms with van der Waals surface area (Å²) in [7, 11) is 3.21. The van der Waals surface area contributed by atoms with Crippen LogP contribution in [0.2, 0.25) is 5.15 Å². The first kappa shape index (κ1) is 12.5. The van der Waals surface area contributed by atoms with Gasteiger partial charge in [0.05, 0.1) is 19.9 Å². The predicted molar refractivity (Wildman–Crippen MR) is 72.1 cm³/mol. The minimum absolute atomic E-state index is 0.437. The number of rotatable bonds is 4. The summed E-state index contributed by atoms with van der Waals surface area (Å²) in [6.07, 6.45) is 0. The summed E-state index contributed by atoms with van der Waals surface area (Å²) in [4.78, 5) is 4.15. The topological polar surface area (TPSA) is 43.4 Å². The van der Waals surface area contributed by atoms with E-state index >= 15 is 0 Å². The zero-order valence-corrected chi connectivity index (χ0v) is 10.9. The molecule has 0 spiro atoms. The van der Waals surface area contributed by atoms with Crippen LogP contribution in [0.15, 0.2) is 36.4 Å². The zero-order chi connectivity index (χ0) is 13.0. The third-order valence-corrected chi connectivity index (χ3v) is 2.60. The molecule has 1 aromatic heterocycles. The fourth-order valence-corrected chi connectivity index (χ4v) is 1.68. The largest absolute Gasteiger partial charge is 0.497 e. The average Bonchev–Trinajstić information content (AvgIpc) is 2.39. The van der Waals surface area contributed by atoms with Crippen LogP contribution in [0.5, 0.6) is 11.5 Å². The smallest absolute Gasteiger partial charge is 0.146 e. The van der Waals surface area contributed by atoms with E-state index in [9.17, 15) is 0 Å². The lowest BCUT2D eigenvalue weighted by Crippen LogP contribution is -1.97. The van der Waals surface area contributed by atoms with E-state index < -0.39 is 0 Å². The highest BCUT2D eigenvalue weighted by atomic mass is 35.5. The minimum atomic E-state index is 0.437. The Bertz CT molecular complexity index is 546. The quantitative estimate of drug-likeness (QED) is 0.859. The van der Waals surface area contributed by atoms with Crippen molar-refractivity contribution in [3.05, 3.63) is 41.6 Å². The maximum absolute atomic E-state index is 5.83. The normalized spacial score (nSPS) is 9.94. The van der Waals surface area contributed by atoms with Gasteiger partial charge in [0.15, 0.2) is 0 Å². The van der Waals surface area contributed by atoms with Gasteiger partial charge >= 0.3 is 0 Å². The molecule has 0 aliphatic carbocycles. The van der Waals surface area contributed by atoms with E-state index in [0.29, 0.717) is 16.7 Å². The highest BCUT2D eigenvalue weighted by molar-refractivity contribution is 6.29. The van der Waals surface area contributed by atoms with E-state index in [1.54, 1.807) is 26.4 Å². The molecular weight excluding hydrogens is 252 g/mol. The van der Waals surface area contributed by atoms with Crippen LogP contribution in [0.1, 0.15) is 0 Å². The van der Waals surface area contributed by atoms with E-state index in [4.69, 9.17) is 21.1 Å². The lowest BCUT2D eigenvalue weighted by Gasteiger charge is -2.11. The van der Waals surface area contributed by atoms with E-state index in [1.807, 2.05) is 24.3 Å². The number of nitrogens with zero attached hydrogens (tertiary/aromatic N) is 1. The van der Waals surface area contributed by atoms with Crippen LogP contribution in [0.25, 0.3) is 0 Å². The number of anilines is 2. The maximum atomic E-state index is 5.83. The average molecular weight is 265 g/mol. The summed E-state index contributed by atoms with van der Waals surface area (Å²) < 4.78 is 10.4. The molecule has 4 nitrogen and oxygen atoms in total. The summed E-state index contributed by atoms with van der Waals surface area (Å²) >= 11 is 5.83. The van der Waals surface area contributed by atoms with Crippen molar-refractivity contribution in [1.82, 2.24) is 4.98 Å². The first-order valence-electron chi connectivity index (χ1n) is 5.34. The highest BCUT2D eigenvalue weighted by Crippen LogP contribution is 2.31. The molecule has 0 saturated carbocycles. The minimum Gasteiger partial charge on any atom is -0.497 e. The second-order valence-electron chi connectivity index (χ2n) is 3.54. The van der Waals surface area contributed by atoms with Gasteiger partial charge in [-0.25, -0.2) is 4.98 Å². The Balaban J connectivity index is 2.28. The Morgan fingerprint density at radius 3 is 2.61 bits per heavy atom. The number of ether oxygens (including phenoxy) is 2. The molecule has 0 aliphatic rings. The van der Waals surface area contributed by atoms with Gasteiger partial charge in [-0.2, -0.15) is 0 Å². The van der Waals surface area contributed by atoms with Crippen LogP contribution < -0.4 is 14.8 Å². The molecule has 94 valence electrons. The number of halogens is 1. The van der Waals surface area contributed by atoms with Crippen LogP contribution in [-0.2, 0) is 0 Å². The summed E-state index contributed by atoms with van der Waals surface area (Å²) in [6, 6.07) is 10.9. The van der Waals surface area contributed by atoms with Crippen molar-refractivity contribution in [2.24, 2.45) is 0 Å². The maximum Gasteiger partial charge on any atom is 0.146 e. The van der Waals surface area contributed by atoms with Gasteiger partial charge in [0.25, 0.3) is 0 Å². The van der Waals surface area contributed by atoms with E-state index in [0.717, 1.165) is 11.4 Å². The van der Waals surface area contributed by atoms with Crippen molar-refractivity contribution in [3.63, 3.8) is 0 Å². The number of methoxy groups -OCH3 is 2. The number of aromatic nitrogens is 1. The third kappa shape index (κ3) is 2.84. The second kappa shape index (κ2) is 5.60. The second-order valence-corrected chi connectivity index (χ2v) is 3.92. The van der Waals surface area contributed by atoms with Crippen molar-refractivity contribution in [2.45, 2.75) is 0 Å². The van der Waals surface area contributed by atoms with Crippen molar-refractivity contribution in [1.29, 1.82) is 0 Å². The molecule has 0 fully saturated rings. The van der Waals surface area contributed by atoms with Crippen LogP contribution >= 0.6 is 11.6 Å². The first-order valence-corrected chi connectivity index (χ1v) is 5.72. The third-order valence-electron chi connectivity index (χ3n) is 2.39. The van der Waals surface area contributed by atoms with Gasteiger partial charge in [0.1, 0.15) is 22.5 Å². The lowest BCUT2D eigenvalue weighted by atomic mass is 10.2. The highest BCUT2D eigenvalue weighted by Gasteiger charge is 2.06. The Kier molecular flexibility index (Phi) is 3.89. The fraction of sp³-hybridized carbons (Fsp3) is 0.154. The van der Waals surface area contributed by atoms with E-state index in [1.165, 1.54) is 0 Å². The number of pyridine rings is 1. The van der Waals surface area contributed by atoms with Crippen LogP contribution in [-0.4, -0.2) is 19.2 Å². The molecule has 0 saturated heterocycles. The molecule has 0 unspecified atom stereocenters. The van der Waals surface area contributed by atoms with Crippen LogP contribution in [0, 0.1) is 0 Å². The summed E-state index contributed by atoms with van der Waals surface area (Å²) in [5, 5.41) is 3.58. The number of benzene rings is 1. The van der Waals surface area contributed by atoms with Gasteiger partial charge in [0, 0.05) is 6.07 Å². The Labute approximate surface area is 111 Å². The first-order chi connectivity index (χ1) is 8.72. The molecule has 2 rings (SSSR count). The van der Waals surface area contributed by atoms with Crippen molar-refractivity contribution < 1.29 is 9.47 Å². The summed E-state index contributed by atoms with van der Waals surface area (Å²) in [6.45, 7) is 0. The molecule has 1 N–H and O–H groups in total. The molecule has 0 aliphatic heterocycles. The van der Waals surface area contributed by atoms with Gasteiger partial charge in [-0.3, -0.25) is 0 Å². The Hall–Kier alpha value is -1.94. The van der Waals surface area contributed by atoms with Crippen molar-refractivity contribution in [3.8, 4) is 11.5 Å². The zero-order valence-electron chi connectivity index (χ0n) is 10.1. The van der Waals surface area contributed by atoms with Gasteiger partial charge in [0.2, 0.25) is 0 Å². The molecule has 18 heavy (non-hydrogen) atoms. The molecule has 0 amide bonds. The van der Waals surface area contributed by atoms with Gasteiger partial charge in [-0.15, -0.1) is 0 Å². The molecule has 1 aromatic carbocycles. The van der Waals surface area contributed by atoms with Gasteiger partial charge in [-0.05, 0) is 24.3 Å². The lowest BCUT2D eigenvalue weighted by molar-refractivity contribution is 0.395. The van der Waals surface area contributed by atoms with E-state index in [2.05, 4.69) is 10.3 Å². The van der Waals surface area contributed by atoms with Gasteiger partial charge < -0.3 is 14.8 Å². The molecule has 0 radical (unpaired) electrons. The molecule has 1 heterocycles. The van der Waals surface area contributed by atoms with Gasteiger partial charge in [-0.1, -0.05) is 17.7 Å². The van der Waals surface area contributed by atoms with Crippen molar-refractivity contribution in [2.75, 3.05) is 19.5 Å². The van der Waals surface area contributed by atoms with Crippen LogP contribution in [0.3, 0.4) is 0 Å². The molecule has 0 atom stereocenters.